The van der Waals surface area contributed by atoms with Gasteiger partial charge in [0.1, 0.15) is 10.6 Å². The standard InChI is InChI=1S/C11H16N2O4S/c1-9(14)12-7-8-13-18(15,16)11-6-4-3-5-10(11)17-2/h3-6,13H,7-8H2,1-2H3,(H,12,14). The van der Waals surface area contributed by atoms with E-state index in [9.17, 15) is 13.2 Å². The molecule has 0 heterocycles. The first kappa shape index (κ1) is 14.5. The van der Waals surface area contributed by atoms with E-state index in [-0.39, 0.29) is 29.6 Å². The van der Waals surface area contributed by atoms with Gasteiger partial charge in [-0.1, -0.05) is 12.1 Å². The third-order valence-electron chi connectivity index (χ3n) is 2.15. The van der Waals surface area contributed by atoms with Gasteiger partial charge in [-0.2, -0.15) is 0 Å². The lowest BCUT2D eigenvalue weighted by molar-refractivity contribution is -0.118. The van der Waals surface area contributed by atoms with Crippen molar-refractivity contribution < 1.29 is 17.9 Å². The van der Waals surface area contributed by atoms with Crippen LogP contribution in [0, 0.1) is 0 Å². The van der Waals surface area contributed by atoms with Crippen LogP contribution in [0.2, 0.25) is 0 Å². The molecule has 0 aliphatic heterocycles. The molecule has 0 spiro atoms. The van der Waals surface area contributed by atoms with Crippen LogP contribution in [0.15, 0.2) is 29.2 Å². The molecule has 0 unspecified atom stereocenters. The fourth-order valence-corrected chi connectivity index (χ4v) is 2.54. The molecule has 0 saturated heterocycles. The molecule has 0 atom stereocenters. The Morgan fingerprint density at radius 2 is 1.94 bits per heavy atom. The second-order valence-corrected chi connectivity index (χ2v) is 5.27. The van der Waals surface area contributed by atoms with Gasteiger partial charge in [-0.15, -0.1) is 0 Å². The molecule has 1 aromatic rings. The Morgan fingerprint density at radius 1 is 1.28 bits per heavy atom. The van der Waals surface area contributed by atoms with E-state index < -0.39 is 10.0 Å². The number of carbonyl (C=O) groups is 1. The summed E-state index contributed by atoms with van der Waals surface area (Å²) < 4.78 is 31.3. The van der Waals surface area contributed by atoms with Crippen LogP contribution < -0.4 is 14.8 Å². The summed E-state index contributed by atoms with van der Waals surface area (Å²) in [5.41, 5.74) is 0. The maximum atomic E-state index is 12.0. The first-order chi connectivity index (χ1) is 8.47. The Labute approximate surface area is 106 Å². The second kappa shape index (κ2) is 6.36. The van der Waals surface area contributed by atoms with Gasteiger partial charge in [0.2, 0.25) is 15.9 Å². The number of amides is 1. The van der Waals surface area contributed by atoms with Crippen LogP contribution in [0.5, 0.6) is 5.75 Å². The van der Waals surface area contributed by atoms with Crippen LogP contribution in [0.25, 0.3) is 0 Å². The number of para-hydroxylation sites is 1. The molecular formula is C11H16N2O4S. The Kier molecular flexibility index (Phi) is 5.11. The summed E-state index contributed by atoms with van der Waals surface area (Å²) in [4.78, 5) is 10.7. The number of carbonyl (C=O) groups excluding carboxylic acids is 1. The zero-order chi connectivity index (χ0) is 13.6. The van der Waals surface area contributed by atoms with Crippen molar-refractivity contribution in [2.45, 2.75) is 11.8 Å². The summed E-state index contributed by atoms with van der Waals surface area (Å²) in [6.07, 6.45) is 0. The Balaban J connectivity index is 2.71. The van der Waals surface area contributed by atoms with Crippen molar-refractivity contribution in [1.82, 2.24) is 10.0 Å². The molecule has 7 heteroatoms. The van der Waals surface area contributed by atoms with Crippen LogP contribution in [-0.2, 0) is 14.8 Å². The van der Waals surface area contributed by atoms with Crippen molar-refractivity contribution in [3.05, 3.63) is 24.3 Å². The van der Waals surface area contributed by atoms with Gasteiger partial charge in [-0.25, -0.2) is 13.1 Å². The predicted molar refractivity (Wildman–Crippen MR) is 66.9 cm³/mol. The van der Waals surface area contributed by atoms with Crippen LogP contribution in [0.3, 0.4) is 0 Å². The minimum absolute atomic E-state index is 0.0790. The predicted octanol–water partition coefficient (Wildman–Crippen LogP) is 0.110. The molecule has 0 saturated carbocycles. The molecule has 0 bridgehead atoms. The van der Waals surface area contributed by atoms with Crippen molar-refractivity contribution in [2.75, 3.05) is 20.2 Å². The average molecular weight is 272 g/mol. The number of sulfonamides is 1. The number of rotatable bonds is 6. The van der Waals surface area contributed by atoms with Gasteiger partial charge in [0.05, 0.1) is 7.11 Å². The molecule has 6 nitrogen and oxygen atoms in total. The van der Waals surface area contributed by atoms with Crippen molar-refractivity contribution in [2.24, 2.45) is 0 Å². The number of methoxy groups -OCH3 is 1. The highest BCUT2D eigenvalue weighted by atomic mass is 32.2. The molecule has 1 rings (SSSR count). The molecule has 0 radical (unpaired) electrons. The van der Waals surface area contributed by atoms with Crippen molar-refractivity contribution in [3.8, 4) is 5.75 Å². The number of ether oxygens (including phenoxy) is 1. The van der Waals surface area contributed by atoms with E-state index in [1.807, 2.05) is 0 Å². The molecule has 0 fully saturated rings. The SMILES string of the molecule is COc1ccccc1S(=O)(=O)NCCNC(C)=O. The molecule has 18 heavy (non-hydrogen) atoms. The summed E-state index contributed by atoms with van der Waals surface area (Å²) in [7, 11) is -2.22. The highest BCUT2D eigenvalue weighted by Crippen LogP contribution is 2.22. The Morgan fingerprint density at radius 3 is 2.56 bits per heavy atom. The van der Waals surface area contributed by atoms with E-state index in [1.165, 1.54) is 20.1 Å². The first-order valence-electron chi connectivity index (χ1n) is 5.34. The topological polar surface area (TPSA) is 84.5 Å². The molecule has 100 valence electrons. The van der Waals surface area contributed by atoms with E-state index in [0.717, 1.165) is 0 Å². The fraction of sp³-hybridized carbons (Fsp3) is 0.364. The van der Waals surface area contributed by atoms with Gasteiger partial charge in [-0.05, 0) is 12.1 Å². The summed E-state index contributed by atoms with van der Waals surface area (Å²) in [6.45, 7) is 1.73. The van der Waals surface area contributed by atoms with Crippen LogP contribution in [0.4, 0.5) is 0 Å². The largest absolute Gasteiger partial charge is 0.495 e. The minimum atomic E-state index is -3.63. The second-order valence-electron chi connectivity index (χ2n) is 3.53. The normalized spacial score (nSPS) is 11.0. The molecule has 1 aromatic carbocycles. The fourth-order valence-electron chi connectivity index (χ4n) is 1.34. The highest BCUT2D eigenvalue weighted by Gasteiger charge is 2.17. The van der Waals surface area contributed by atoms with E-state index in [0.29, 0.717) is 0 Å². The van der Waals surface area contributed by atoms with E-state index >= 15 is 0 Å². The maximum absolute atomic E-state index is 12.0. The average Bonchev–Trinajstić information content (AvgIpc) is 2.34. The number of hydrogen-bond donors (Lipinski definition) is 2. The molecule has 0 aliphatic rings. The lowest BCUT2D eigenvalue weighted by atomic mass is 10.3. The molecular weight excluding hydrogens is 256 g/mol. The van der Waals surface area contributed by atoms with Gasteiger partial charge in [0, 0.05) is 20.0 Å². The zero-order valence-corrected chi connectivity index (χ0v) is 11.1. The van der Waals surface area contributed by atoms with Gasteiger partial charge in [0.15, 0.2) is 0 Å². The summed E-state index contributed by atoms with van der Waals surface area (Å²) in [5, 5.41) is 2.50. The molecule has 1 amide bonds. The Bertz CT molecular complexity index is 514. The highest BCUT2D eigenvalue weighted by molar-refractivity contribution is 7.89. The van der Waals surface area contributed by atoms with Crippen LogP contribution >= 0.6 is 0 Å². The lowest BCUT2D eigenvalue weighted by Crippen LogP contribution is -2.33. The lowest BCUT2D eigenvalue weighted by Gasteiger charge is -2.10. The first-order valence-corrected chi connectivity index (χ1v) is 6.83. The van der Waals surface area contributed by atoms with Gasteiger partial charge >= 0.3 is 0 Å². The summed E-state index contributed by atoms with van der Waals surface area (Å²) in [5.74, 6) is 0.0796. The number of benzene rings is 1. The monoisotopic (exact) mass is 272 g/mol. The number of nitrogens with one attached hydrogen (secondary N) is 2. The van der Waals surface area contributed by atoms with Gasteiger partial charge < -0.3 is 10.1 Å². The smallest absolute Gasteiger partial charge is 0.244 e. The summed E-state index contributed by atoms with van der Waals surface area (Å²) in [6, 6.07) is 6.34. The molecule has 0 aromatic heterocycles. The third-order valence-corrected chi connectivity index (χ3v) is 3.65. The van der Waals surface area contributed by atoms with Crippen LogP contribution in [0.1, 0.15) is 6.92 Å². The number of hydrogen-bond acceptors (Lipinski definition) is 4. The van der Waals surface area contributed by atoms with Crippen molar-refractivity contribution in [1.29, 1.82) is 0 Å². The third kappa shape index (κ3) is 4.01. The quantitative estimate of drug-likeness (QED) is 0.720. The Hall–Kier alpha value is -1.60. The van der Waals surface area contributed by atoms with E-state index in [2.05, 4.69) is 10.0 Å². The van der Waals surface area contributed by atoms with E-state index in [4.69, 9.17) is 4.74 Å². The van der Waals surface area contributed by atoms with Crippen molar-refractivity contribution >= 4 is 15.9 Å². The summed E-state index contributed by atoms with van der Waals surface area (Å²) >= 11 is 0. The minimum Gasteiger partial charge on any atom is -0.495 e. The zero-order valence-electron chi connectivity index (χ0n) is 10.3. The van der Waals surface area contributed by atoms with Gasteiger partial charge in [0.25, 0.3) is 0 Å². The molecule has 0 aliphatic carbocycles. The van der Waals surface area contributed by atoms with Gasteiger partial charge in [-0.3, -0.25) is 4.79 Å². The van der Waals surface area contributed by atoms with Crippen LogP contribution in [-0.4, -0.2) is 34.5 Å². The maximum Gasteiger partial charge on any atom is 0.244 e. The molecule has 2 N–H and O–H groups in total. The van der Waals surface area contributed by atoms with E-state index in [1.54, 1.807) is 18.2 Å². The van der Waals surface area contributed by atoms with Crippen molar-refractivity contribution in [3.63, 3.8) is 0 Å².